The van der Waals surface area contributed by atoms with E-state index < -0.39 is 0 Å². The van der Waals surface area contributed by atoms with Gasteiger partial charge in [0.05, 0.1) is 6.61 Å². The lowest BCUT2D eigenvalue weighted by Crippen LogP contribution is -2.22. The van der Waals surface area contributed by atoms with Gasteiger partial charge in [0.2, 0.25) is 0 Å². The van der Waals surface area contributed by atoms with Crippen LogP contribution in [0.3, 0.4) is 0 Å². The first-order chi connectivity index (χ1) is 6.72. The van der Waals surface area contributed by atoms with Crippen molar-refractivity contribution in [1.82, 2.24) is 0 Å². The van der Waals surface area contributed by atoms with E-state index in [-0.39, 0.29) is 5.97 Å². The summed E-state index contributed by atoms with van der Waals surface area (Å²) in [4.78, 5) is 21.6. The molecule has 0 aromatic carbocycles. The van der Waals surface area contributed by atoms with Gasteiger partial charge in [-0.3, -0.25) is 9.59 Å². The summed E-state index contributed by atoms with van der Waals surface area (Å²) in [6.45, 7) is 2.29. The molecule has 0 N–H and O–H groups in total. The molecule has 1 aliphatic carbocycles. The van der Waals surface area contributed by atoms with Crippen molar-refractivity contribution in [1.29, 1.82) is 0 Å². The summed E-state index contributed by atoms with van der Waals surface area (Å²) in [5, 5.41) is 0. The van der Waals surface area contributed by atoms with Crippen LogP contribution in [0.25, 0.3) is 0 Å². The maximum atomic E-state index is 10.9. The van der Waals surface area contributed by atoms with E-state index in [1.54, 1.807) is 0 Å². The number of hydrogen-bond acceptors (Lipinski definition) is 3. The Bertz CT molecular complexity index is 203. The minimum Gasteiger partial charge on any atom is -0.466 e. The fraction of sp³-hybridized carbons (Fsp3) is 0.818. The summed E-state index contributed by atoms with van der Waals surface area (Å²) in [6, 6.07) is 0. The fourth-order valence-corrected chi connectivity index (χ4v) is 1.72. The number of rotatable bonds is 6. The number of unbranched alkanes of at least 4 members (excludes halogenated alkanes) is 1. The molecule has 1 rings (SSSR count). The molecule has 1 fully saturated rings. The molecule has 3 nitrogen and oxygen atoms in total. The molecule has 1 saturated carbocycles. The van der Waals surface area contributed by atoms with Gasteiger partial charge >= 0.3 is 5.97 Å². The van der Waals surface area contributed by atoms with E-state index in [1.807, 2.05) is 6.92 Å². The smallest absolute Gasteiger partial charge is 0.305 e. The van der Waals surface area contributed by atoms with Crippen molar-refractivity contribution >= 4 is 11.8 Å². The van der Waals surface area contributed by atoms with Crippen LogP contribution in [0.15, 0.2) is 0 Å². The standard InChI is InChI=1S/C11H18O3/c1-2-14-11(13)6-4-3-5-9-7-10(12)8-9/h9H,2-8H2,1H3. The highest BCUT2D eigenvalue weighted by Gasteiger charge is 2.25. The summed E-state index contributed by atoms with van der Waals surface area (Å²) >= 11 is 0. The lowest BCUT2D eigenvalue weighted by atomic mass is 9.80. The topological polar surface area (TPSA) is 43.4 Å². The SMILES string of the molecule is CCOC(=O)CCCCC1CC(=O)C1. The van der Waals surface area contributed by atoms with Crippen molar-refractivity contribution in [3.05, 3.63) is 0 Å². The van der Waals surface area contributed by atoms with E-state index >= 15 is 0 Å². The highest BCUT2D eigenvalue weighted by Crippen LogP contribution is 2.27. The van der Waals surface area contributed by atoms with Crippen molar-refractivity contribution < 1.29 is 14.3 Å². The third-order valence-corrected chi connectivity index (χ3v) is 2.58. The Hall–Kier alpha value is -0.860. The summed E-state index contributed by atoms with van der Waals surface area (Å²) in [6.07, 6.45) is 5.07. The Labute approximate surface area is 84.8 Å². The second-order valence-corrected chi connectivity index (χ2v) is 3.86. The number of Topliss-reactive ketones (excluding diaryl/α,β-unsaturated/α-hetero) is 1. The molecule has 80 valence electrons. The normalized spacial score (nSPS) is 16.5. The first-order valence-corrected chi connectivity index (χ1v) is 5.39. The average molecular weight is 198 g/mol. The minimum atomic E-state index is -0.0998. The van der Waals surface area contributed by atoms with Gasteiger partial charge in [0.1, 0.15) is 5.78 Å². The first kappa shape index (κ1) is 11.2. The Morgan fingerprint density at radius 1 is 1.43 bits per heavy atom. The largest absolute Gasteiger partial charge is 0.466 e. The predicted molar refractivity (Wildman–Crippen MR) is 52.8 cm³/mol. The molecule has 0 aliphatic heterocycles. The van der Waals surface area contributed by atoms with Crippen LogP contribution >= 0.6 is 0 Å². The van der Waals surface area contributed by atoms with Gasteiger partial charge in [-0.1, -0.05) is 6.42 Å². The molecule has 0 unspecified atom stereocenters. The molecule has 0 saturated heterocycles. The molecular weight excluding hydrogens is 180 g/mol. The summed E-state index contributed by atoms with van der Waals surface area (Å²) in [7, 11) is 0. The van der Waals surface area contributed by atoms with Crippen molar-refractivity contribution in [2.75, 3.05) is 6.61 Å². The van der Waals surface area contributed by atoms with E-state index in [2.05, 4.69) is 0 Å². The number of esters is 1. The summed E-state index contributed by atoms with van der Waals surface area (Å²) in [5.41, 5.74) is 0. The third kappa shape index (κ3) is 3.90. The lowest BCUT2D eigenvalue weighted by molar-refractivity contribution is -0.143. The van der Waals surface area contributed by atoms with Gasteiger partial charge in [-0.2, -0.15) is 0 Å². The molecule has 0 radical (unpaired) electrons. The molecule has 0 bridgehead atoms. The molecule has 0 aromatic heterocycles. The van der Waals surface area contributed by atoms with Gasteiger partial charge in [-0.25, -0.2) is 0 Å². The third-order valence-electron chi connectivity index (χ3n) is 2.58. The van der Waals surface area contributed by atoms with E-state index in [9.17, 15) is 9.59 Å². The maximum Gasteiger partial charge on any atom is 0.305 e. The molecular formula is C11H18O3. The Balaban J connectivity index is 1.89. The van der Waals surface area contributed by atoms with Crippen LogP contribution in [0.5, 0.6) is 0 Å². The first-order valence-electron chi connectivity index (χ1n) is 5.39. The predicted octanol–water partition coefficient (Wildman–Crippen LogP) is 2.09. The molecule has 0 spiro atoms. The molecule has 14 heavy (non-hydrogen) atoms. The Morgan fingerprint density at radius 2 is 2.14 bits per heavy atom. The van der Waals surface area contributed by atoms with Crippen LogP contribution in [-0.2, 0) is 14.3 Å². The van der Waals surface area contributed by atoms with Crippen molar-refractivity contribution in [3.8, 4) is 0 Å². The van der Waals surface area contributed by atoms with Gasteiger partial charge in [-0.05, 0) is 25.7 Å². The van der Waals surface area contributed by atoms with Crippen LogP contribution in [0.4, 0.5) is 0 Å². The number of carbonyl (C=O) groups excluding carboxylic acids is 2. The number of ether oxygens (including phenoxy) is 1. The van der Waals surface area contributed by atoms with E-state index in [0.717, 1.165) is 32.1 Å². The summed E-state index contributed by atoms with van der Waals surface area (Å²) in [5.74, 6) is 0.891. The van der Waals surface area contributed by atoms with E-state index in [4.69, 9.17) is 4.74 Å². The number of carbonyl (C=O) groups is 2. The second kappa shape index (κ2) is 5.78. The van der Waals surface area contributed by atoms with Crippen LogP contribution in [0, 0.1) is 5.92 Å². The molecule has 3 heteroatoms. The number of ketones is 1. The maximum absolute atomic E-state index is 10.9. The van der Waals surface area contributed by atoms with Gasteiger partial charge in [0.15, 0.2) is 0 Å². The van der Waals surface area contributed by atoms with Gasteiger partial charge in [-0.15, -0.1) is 0 Å². The van der Waals surface area contributed by atoms with Gasteiger partial charge < -0.3 is 4.74 Å². The lowest BCUT2D eigenvalue weighted by Gasteiger charge is -2.23. The summed E-state index contributed by atoms with van der Waals surface area (Å²) < 4.78 is 4.81. The van der Waals surface area contributed by atoms with Crippen molar-refractivity contribution in [2.45, 2.75) is 45.4 Å². The zero-order chi connectivity index (χ0) is 10.4. The minimum absolute atomic E-state index is 0.0998. The Morgan fingerprint density at radius 3 is 2.71 bits per heavy atom. The average Bonchev–Trinajstić information content (AvgIpc) is 2.09. The van der Waals surface area contributed by atoms with Crippen molar-refractivity contribution in [2.24, 2.45) is 5.92 Å². The van der Waals surface area contributed by atoms with Crippen LogP contribution in [0.2, 0.25) is 0 Å². The van der Waals surface area contributed by atoms with Crippen LogP contribution < -0.4 is 0 Å². The molecule has 0 amide bonds. The van der Waals surface area contributed by atoms with Crippen molar-refractivity contribution in [3.63, 3.8) is 0 Å². The fourth-order valence-electron chi connectivity index (χ4n) is 1.72. The van der Waals surface area contributed by atoms with Crippen LogP contribution in [0.1, 0.15) is 45.4 Å². The van der Waals surface area contributed by atoms with E-state index in [0.29, 0.717) is 24.7 Å². The van der Waals surface area contributed by atoms with Gasteiger partial charge in [0, 0.05) is 19.3 Å². The van der Waals surface area contributed by atoms with Crippen LogP contribution in [-0.4, -0.2) is 18.4 Å². The van der Waals surface area contributed by atoms with E-state index in [1.165, 1.54) is 0 Å². The second-order valence-electron chi connectivity index (χ2n) is 3.86. The highest BCUT2D eigenvalue weighted by atomic mass is 16.5. The monoisotopic (exact) mass is 198 g/mol. The number of hydrogen-bond donors (Lipinski definition) is 0. The quantitative estimate of drug-likeness (QED) is 0.485. The molecule has 0 atom stereocenters. The highest BCUT2D eigenvalue weighted by molar-refractivity contribution is 5.84. The zero-order valence-electron chi connectivity index (χ0n) is 8.75. The molecule has 1 aliphatic rings. The van der Waals surface area contributed by atoms with Gasteiger partial charge in [0.25, 0.3) is 0 Å². The molecule has 0 aromatic rings. The zero-order valence-corrected chi connectivity index (χ0v) is 8.75. The molecule has 0 heterocycles. The Kier molecular flexibility index (Phi) is 4.63.